The summed E-state index contributed by atoms with van der Waals surface area (Å²) in [6, 6.07) is 5.92. The maximum atomic E-state index is 13.3. The van der Waals surface area contributed by atoms with Gasteiger partial charge in [0, 0.05) is 37.8 Å². The molecule has 0 spiro atoms. The second-order valence-corrected chi connectivity index (χ2v) is 12.1. The third-order valence-electron chi connectivity index (χ3n) is 8.91. The lowest BCUT2D eigenvalue weighted by Crippen LogP contribution is -2.59. The van der Waals surface area contributed by atoms with Gasteiger partial charge in [-0.1, -0.05) is 32.9 Å². The van der Waals surface area contributed by atoms with Crippen LogP contribution in [0.5, 0.6) is 0 Å². The van der Waals surface area contributed by atoms with Crippen LogP contribution in [0.2, 0.25) is 0 Å². The molecular formula is C30H39F3N8O. The van der Waals surface area contributed by atoms with E-state index in [1.54, 1.807) is 18.5 Å². The molecule has 2 saturated heterocycles. The average molecular weight is 585 g/mol. The number of imidazole rings is 1. The van der Waals surface area contributed by atoms with Gasteiger partial charge in [0.1, 0.15) is 17.7 Å². The fourth-order valence-electron chi connectivity index (χ4n) is 6.85. The van der Waals surface area contributed by atoms with Crippen LogP contribution >= 0.6 is 0 Å². The van der Waals surface area contributed by atoms with Crippen molar-refractivity contribution in [1.29, 1.82) is 0 Å². The van der Waals surface area contributed by atoms with Crippen LogP contribution in [-0.2, 0) is 17.5 Å². The first-order valence-electron chi connectivity index (χ1n) is 14.9. The zero-order valence-electron chi connectivity index (χ0n) is 24.8. The second-order valence-electron chi connectivity index (χ2n) is 12.1. The lowest BCUT2D eigenvalue weighted by atomic mass is 9.90. The maximum absolute atomic E-state index is 13.3. The van der Waals surface area contributed by atoms with Crippen LogP contribution in [0.4, 0.5) is 19.0 Å². The van der Waals surface area contributed by atoms with Crippen molar-refractivity contribution in [3.8, 4) is 0 Å². The van der Waals surface area contributed by atoms with Gasteiger partial charge in [-0.15, -0.1) is 10.2 Å². The van der Waals surface area contributed by atoms with E-state index in [1.807, 2.05) is 11.3 Å². The predicted molar refractivity (Wildman–Crippen MR) is 154 cm³/mol. The lowest BCUT2D eigenvalue weighted by molar-refractivity contribution is -0.137. The maximum Gasteiger partial charge on any atom is 0.416 e. The number of hydrogen-bond acceptors (Lipinski definition) is 7. The van der Waals surface area contributed by atoms with Crippen LogP contribution in [0.15, 0.2) is 30.6 Å². The Hall–Kier alpha value is -3.25. The quantitative estimate of drug-likeness (QED) is 0.277. The molecule has 226 valence electrons. The van der Waals surface area contributed by atoms with E-state index < -0.39 is 11.7 Å². The number of fused-ring (bicyclic) bond motifs is 3. The Morgan fingerprint density at radius 2 is 1.86 bits per heavy atom. The van der Waals surface area contributed by atoms with Crippen molar-refractivity contribution < 1.29 is 17.9 Å². The van der Waals surface area contributed by atoms with Crippen molar-refractivity contribution >= 4 is 22.8 Å². The number of alkyl halides is 3. The molecule has 9 nitrogen and oxygen atoms in total. The summed E-state index contributed by atoms with van der Waals surface area (Å²) in [7, 11) is 0. The molecule has 4 atom stereocenters. The number of ether oxygens (including phenoxy) is 1. The highest BCUT2D eigenvalue weighted by Gasteiger charge is 2.39. The van der Waals surface area contributed by atoms with Crippen LogP contribution in [0.1, 0.15) is 70.0 Å². The lowest BCUT2D eigenvalue weighted by Gasteiger charge is -2.50. The molecule has 12 heteroatoms. The summed E-state index contributed by atoms with van der Waals surface area (Å²) in [4.78, 5) is 14.8. The van der Waals surface area contributed by atoms with E-state index >= 15 is 0 Å². The number of hydrogen-bond donors (Lipinski definition) is 0. The van der Waals surface area contributed by atoms with Gasteiger partial charge in [-0.2, -0.15) is 18.2 Å². The predicted octanol–water partition coefficient (Wildman–Crippen LogP) is 5.67. The van der Waals surface area contributed by atoms with E-state index in [2.05, 4.69) is 52.3 Å². The highest BCUT2D eigenvalue weighted by atomic mass is 19.4. The summed E-state index contributed by atoms with van der Waals surface area (Å²) >= 11 is 0. The average Bonchev–Trinajstić information content (AvgIpc) is 3.69. The fourth-order valence-corrected chi connectivity index (χ4v) is 6.85. The number of piperazine rings is 1. The largest absolute Gasteiger partial charge is 0.416 e. The van der Waals surface area contributed by atoms with Crippen LogP contribution in [0.3, 0.4) is 0 Å². The zero-order chi connectivity index (χ0) is 29.8. The van der Waals surface area contributed by atoms with Crippen LogP contribution in [0, 0.1) is 12.8 Å². The third-order valence-corrected chi connectivity index (χ3v) is 8.91. The molecule has 0 amide bonds. The van der Waals surface area contributed by atoms with Gasteiger partial charge < -0.3 is 14.2 Å². The van der Waals surface area contributed by atoms with Crippen LogP contribution in [0.25, 0.3) is 16.9 Å². The van der Waals surface area contributed by atoms with Gasteiger partial charge >= 0.3 is 6.18 Å². The minimum Gasteiger partial charge on any atom is -0.376 e. The van der Waals surface area contributed by atoms with E-state index in [9.17, 15) is 13.2 Å². The first-order chi connectivity index (χ1) is 20.1. The Kier molecular flexibility index (Phi) is 7.63. The van der Waals surface area contributed by atoms with Crippen molar-refractivity contribution in [3.05, 3.63) is 47.5 Å². The summed E-state index contributed by atoms with van der Waals surface area (Å²) < 4.78 is 49.9. The molecule has 0 bridgehead atoms. The molecule has 0 N–H and O–H groups in total. The molecule has 1 aromatic carbocycles. The molecule has 2 fully saturated rings. The first-order valence-corrected chi connectivity index (χ1v) is 14.9. The Bertz CT molecular complexity index is 1540. The second kappa shape index (κ2) is 11.1. The molecular weight excluding hydrogens is 545 g/mol. The molecule has 0 aliphatic carbocycles. The number of halogens is 3. The monoisotopic (exact) mass is 584 g/mol. The van der Waals surface area contributed by atoms with Crippen LogP contribution < -0.4 is 4.90 Å². The summed E-state index contributed by atoms with van der Waals surface area (Å²) in [5.74, 6) is 2.42. The smallest absolute Gasteiger partial charge is 0.376 e. The number of aromatic nitrogens is 6. The molecule has 0 radical (unpaired) electrons. The molecule has 0 saturated carbocycles. The van der Waals surface area contributed by atoms with Crippen LogP contribution in [-0.4, -0.2) is 71.9 Å². The number of nitrogens with zero attached hydrogens (tertiary/aromatic N) is 8. The standard InChI is InChI=1S/C30H39F3N8O/c1-6-23-15-38(19(4)14-40(23)26(18(2)3)21-9-11-22(12-10-21)30(31,32)33)27-25-28(41-17-34-37-29(41)36-27)39(20(5)35-25)16-24-8-7-13-42-24/h9-12,17-19,23-24,26H,6-8,13-16H2,1-5H3/t19-,23+,24-,26+/m0/s1. The Labute approximate surface area is 243 Å². The van der Waals surface area contributed by atoms with E-state index in [4.69, 9.17) is 14.7 Å². The van der Waals surface area contributed by atoms with E-state index in [-0.39, 0.29) is 30.1 Å². The van der Waals surface area contributed by atoms with Crippen molar-refractivity contribution in [2.75, 3.05) is 24.6 Å². The first kappa shape index (κ1) is 28.9. The molecule has 2 aliphatic rings. The minimum absolute atomic E-state index is 0.0124. The van der Waals surface area contributed by atoms with Crippen molar-refractivity contribution in [2.45, 2.75) is 90.8 Å². The summed E-state index contributed by atoms with van der Waals surface area (Å²) in [5.41, 5.74) is 2.02. The minimum atomic E-state index is -4.35. The van der Waals surface area contributed by atoms with E-state index in [1.165, 1.54) is 12.1 Å². The highest BCUT2D eigenvalue weighted by molar-refractivity contribution is 5.87. The topological polar surface area (TPSA) is 76.6 Å². The Morgan fingerprint density at radius 1 is 1.10 bits per heavy atom. The summed E-state index contributed by atoms with van der Waals surface area (Å²) in [6.45, 7) is 13.6. The number of benzene rings is 1. The van der Waals surface area contributed by atoms with Gasteiger partial charge in [0.2, 0.25) is 0 Å². The van der Waals surface area contributed by atoms with E-state index in [0.717, 1.165) is 60.8 Å². The number of anilines is 1. The van der Waals surface area contributed by atoms with Gasteiger partial charge in [0.05, 0.1) is 18.2 Å². The highest BCUT2D eigenvalue weighted by Crippen LogP contribution is 2.38. The Balaban J connectivity index is 1.36. The van der Waals surface area contributed by atoms with E-state index in [0.29, 0.717) is 18.9 Å². The van der Waals surface area contributed by atoms with Crippen molar-refractivity contribution in [3.63, 3.8) is 0 Å². The van der Waals surface area contributed by atoms with Gasteiger partial charge in [-0.3, -0.25) is 4.90 Å². The summed E-state index contributed by atoms with van der Waals surface area (Å²) in [5, 5.41) is 8.47. The molecule has 0 unspecified atom stereocenters. The molecule has 6 rings (SSSR count). The summed E-state index contributed by atoms with van der Waals surface area (Å²) in [6.07, 6.45) is 0.460. The normalized spacial score (nSPS) is 23.1. The third kappa shape index (κ3) is 5.12. The Morgan fingerprint density at radius 3 is 2.50 bits per heavy atom. The number of aryl methyl sites for hydroxylation is 1. The molecule has 4 aromatic rings. The fraction of sp³-hybridized carbons (Fsp3) is 0.600. The van der Waals surface area contributed by atoms with Gasteiger partial charge in [-0.25, -0.2) is 9.38 Å². The molecule has 42 heavy (non-hydrogen) atoms. The SMILES string of the molecule is CC[C@@H]1CN(c2nc3nncn3c3c2nc(C)n3C[C@@H]2CCCO2)[C@@H](C)CN1[C@@H](c1ccc(C(F)(F)F)cc1)C(C)C. The van der Waals surface area contributed by atoms with Gasteiger partial charge in [-0.05, 0) is 56.7 Å². The van der Waals surface area contributed by atoms with Crippen molar-refractivity contribution in [1.82, 2.24) is 34.0 Å². The zero-order valence-corrected chi connectivity index (χ0v) is 24.8. The molecule has 2 aliphatic heterocycles. The van der Waals surface area contributed by atoms with Crippen molar-refractivity contribution in [2.24, 2.45) is 5.92 Å². The molecule has 3 aromatic heterocycles. The molecule has 5 heterocycles. The van der Waals surface area contributed by atoms with Gasteiger partial charge in [0.15, 0.2) is 11.5 Å². The number of rotatable bonds is 7. The van der Waals surface area contributed by atoms with Gasteiger partial charge in [0.25, 0.3) is 5.78 Å².